The Bertz CT molecular complexity index is 535. The van der Waals surface area contributed by atoms with Gasteiger partial charge in [-0.3, -0.25) is 9.69 Å². The predicted octanol–water partition coefficient (Wildman–Crippen LogP) is 2.44. The molecule has 1 heterocycles. The first-order chi connectivity index (χ1) is 13.4. The average Bonchev–Trinajstić information content (AvgIpc) is 2.91. The van der Waals surface area contributed by atoms with Gasteiger partial charge in [0.15, 0.2) is 5.79 Å². The summed E-state index contributed by atoms with van der Waals surface area (Å²) >= 11 is 0. The zero-order chi connectivity index (χ0) is 21.4. The van der Waals surface area contributed by atoms with Gasteiger partial charge >= 0.3 is 12.1 Å². The molecule has 1 aliphatic rings. The van der Waals surface area contributed by atoms with Gasteiger partial charge in [0.2, 0.25) is 0 Å². The maximum absolute atomic E-state index is 12.5. The minimum Gasteiger partial charge on any atom is -0.468 e. The molecule has 0 saturated carbocycles. The van der Waals surface area contributed by atoms with Gasteiger partial charge < -0.3 is 24.1 Å². The van der Waals surface area contributed by atoms with E-state index in [2.05, 4.69) is 11.3 Å². The maximum Gasteiger partial charge on any atom is 0.410 e. The molecule has 1 aliphatic heterocycles. The second-order valence-corrected chi connectivity index (χ2v) is 6.00. The fourth-order valence-electron chi connectivity index (χ4n) is 2.42. The number of allylic oxidation sites excluding steroid dienone is 3. The fourth-order valence-corrected chi connectivity index (χ4v) is 2.42. The Labute approximate surface area is 167 Å². The zero-order valence-corrected chi connectivity index (χ0v) is 17.3. The van der Waals surface area contributed by atoms with E-state index in [1.807, 2.05) is 19.1 Å². The number of nitrogens with zero attached hydrogens (tertiary/aromatic N) is 1. The summed E-state index contributed by atoms with van der Waals surface area (Å²) in [6.45, 7) is 8.19. The largest absolute Gasteiger partial charge is 0.468 e. The van der Waals surface area contributed by atoms with Gasteiger partial charge in [-0.05, 0) is 32.3 Å². The molecule has 1 fully saturated rings. The van der Waals surface area contributed by atoms with Crippen molar-refractivity contribution in [3.63, 3.8) is 0 Å². The molecule has 28 heavy (non-hydrogen) atoms. The van der Waals surface area contributed by atoms with Crippen LogP contribution in [0, 0.1) is 0 Å². The zero-order valence-electron chi connectivity index (χ0n) is 17.3. The van der Waals surface area contributed by atoms with Crippen molar-refractivity contribution < 1.29 is 33.6 Å². The predicted molar refractivity (Wildman–Crippen MR) is 106 cm³/mol. The van der Waals surface area contributed by atoms with Gasteiger partial charge in [-0.15, -0.1) is 0 Å². The molecule has 0 aliphatic carbocycles. The third-order valence-electron chi connectivity index (χ3n) is 3.71. The number of carbonyl (C=O) groups excluding carboxylic acids is 2. The Morgan fingerprint density at radius 2 is 1.86 bits per heavy atom. The Morgan fingerprint density at radius 1 is 1.25 bits per heavy atom. The number of esters is 1. The summed E-state index contributed by atoms with van der Waals surface area (Å²) in [5.41, 5.74) is 0.780. The molecule has 1 saturated heterocycles. The van der Waals surface area contributed by atoms with E-state index in [0.29, 0.717) is 13.2 Å². The lowest BCUT2D eigenvalue weighted by atomic mass is 10.2. The van der Waals surface area contributed by atoms with E-state index in [9.17, 15) is 9.59 Å². The van der Waals surface area contributed by atoms with Crippen LogP contribution in [0.2, 0.25) is 0 Å². The van der Waals surface area contributed by atoms with Gasteiger partial charge in [0.25, 0.3) is 0 Å². The molecule has 8 heteroatoms. The summed E-state index contributed by atoms with van der Waals surface area (Å²) in [4.78, 5) is 25.4. The molecule has 160 valence electrons. The van der Waals surface area contributed by atoms with E-state index >= 15 is 0 Å². The van der Waals surface area contributed by atoms with Crippen molar-refractivity contribution in [2.24, 2.45) is 0 Å². The van der Waals surface area contributed by atoms with Crippen molar-refractivity contribution >= 4 is 12.1 Å². The minimum absolute atomic E-state index is 0.0606. The van der Waals surface area contributed by atoms with Crippen LogP contribution in [0.25, 0.3) is 0 Å². The molecule has 1 rings (SSSR count). The molecule has 0 spiro atoms. The fraction of sp³-hybridized carbons (Fsp3) is 0.600. The van der Waals surface area contributed by atoms with Crippen molar-refractivity contribution in [2.45, 2.75) is 32.5 Å². The van der Waals surface area contributed by atoms with Crippen molar-refractivity contribution in [2.75, 3.05) is 47.1 Å². The van der Waals surface area contributed by atoms with Crippen LogP contribution >= 0.6 is 0 Å². The Kier molecular flexibility index (Phi) is 13.7. The summed E-state index contributed by atoms with van der Waals surface area (Å²) < 4.78 is 21.5. The minimum atomic E-state index is -0.993. The lowest BCUT2D eigenvalue weighted by Gasteiger charge is -2.33. The van der Waals surface area contributed by atoms with Gasteiger partial charge in [0.05, 0.1) is 26.9 Å². The first-order valence-corrected chi connectivity index (χ1v) is 9.09. The average molecular weight is 399 g/mol. The first kappa shape index (κ1) is 25.8. The number of carbonyl (C=O) groups is 2. The lowest BCUT2D eigenvalue weighted by molar-refractivity contribution is -0.219. The Balaban J connectivity index is 0.00000352. The molecule has 0 bridgehead atoms. The summed E-state index contributed by atoms with van der Waals surface area (Å²) in [7, 11) is 2.27. The molecule has 0 aromatic carbocycles. The summed E-state index contributed by atoms with van der Waals surface area (Å²) in [5, 5.41) is 7.00. The van der Waals surface area contributed by atoms with Crippen LogP contribution in [0.3, 0.4) is 0 Å². The lowest BCUT2D eigenvalue weighted by Crippen LogP contribution is -2.49. The molecule has 0 unspecified atom stereocenters. The molecule has 0 aromatic rings. The highest BCUT2D eigenvalue weighted by Gasteiger charge is 2.34. The van der Waals surface area contributed by atoms with Crippen LogP contribution in [-0.4, -0.2) is 75.0 Å². The van der Waals surface area contributed by atoms with Crippen molar-refractivity contribution in [3.8, 4) is 0 Å². The molecule has 0 aromatic heterocycles. The normalized spacial score (nSPS) is 16.4. The smallest absolute Gasteiger partial charge is 0.410 e. The van der Waals surface area contributed by atoms with Crippen LogP contribution < -0.4 is 0 Å². The van der Waals surface area contributed by atoms with Gasteiger partial charge in [-0.2, -0.15) is 0 Å². The van der Waals surface area contributed by atoms with E-state index < -0.39 is 17.8 Å². The van der Waals surface area contributed by atoms with Crippen molar-refractivity contribution in [3.05, 3.63) is 36.5 Å². The maximum atomic E-state index is 12.5. The van der Waals surface area contributed by atoms with Crippen LogP contribution in [0.15, 0.2) is 36.5 Å². The van der Waals surface area contributed by atoms with Gasteiger partial charge in [-0.25, -0.2) is 4.79 Å². The standard InChI is InChI=1S/C19H29NO6.CH4O/c1-5-9-16(10-6-2)14-24-18(22)20(13-17(21)23-4)15-19(3)25-11-7-8-12-26-19;1-2/h5-6,9-10H,1,7-8,11-15H2,2-4H3;2H,1H3/b10-6-,16-9+;. The summed E-state index contributed by atoms with van der Waals surface area (Å²) in [6.07, 6.45) is 8.14. The highest BCUT2D eigenvalue weighted by atomic mass is 16.7. The van der Waals surface area contributed by atoms with Crippen LogP contribution in [0.5, 0.6) is 0 Å². The molecule has 0 radical (unpaired) electrons. The van der Waals surface area contributed by atoms with Gasteiger partial charge in [0, 0.05) is 7.11 Å². The summed E-state index contributed by atoms with van der Waals surface area (Å²) in [6, 6.07) is 0. The number of rotatable bonds is 8. The third-order valence-corrected chi connectivity index (χ3v) is 3.71. The van der Waals surface area contributed by atoms with E-state index in [1.54, 1.807) is 19.1 Å². The van der Waals surface area contributed by atoms with Crippen LogP contribution in [-0.2, 0) is 23.7 Å². The van der Waals surface area contributed by atoms with Crippen molar-refractivity contribution in [1.29, 1.82) is 0 Å². The van der Waals surface area contributed by atoms with Crippen LogP contribution in [0.1, 0.15) is 26.7 Å². The number of aliphatic hydroxyl groups is 1. The summed E-state index contributed by atoms with van der Waals surface area (Å²) in [5.74, 6) is -1.54. The third kappa shape index (κ3) is 10.2. The Hall–Kier alpha value is -2.16. The second-order valence-electron chi connectivity index (χ2n) is 6.00. The van der Waals surface area contributed by atoms with Crippen LogP contribution in [0.4, 0.5) is 4.79 Å². The number of hydrogen-bond donors (Lipinski definition) is 1. The SMILES string of the molecule is C=C/C=C(\C=C/C)COC(=O)N(CC(=O)OC)CC1(C)OCCCCO1.CO. The molecule has 1 amide bonds. The molecule has 1 N–H and O–H groups in total. The van der Waals surface area contributed by atoms with E-state index in [0.717, 1.165) is 25.5 Å². The quantitative estimate of drug-likeness (QED) is 0.495. The van der Waals surface area contributed by atoms with Gasteiger partial charge in [-0.1, -0.05) is 30.9 Å². The highest BCUT2D eigenvalue weighted by molar-refractivity contribution is 5.78. The number of ether oxygens (including phenoxy) is 4. The molecule has 0 atom stereocenters. The van der Waals surface area contributed by atoms with Crippen molar-refractivity contribution in [1.82, 2.24) is 4.90 Å². The monoisotopic (exact) mass is 399 g/mol. The number of amides is 1. The highest BCUT2D eigenvalue weighted by Crippen LogP contribution is 2.20. The Morgan fingerprint density at radius 3 is 2.36 bits per heavy atom. The molecular formula is C20H33NO7. The first-order valence-electron chi connectivity index (χ1n) is 9.09. The van der Waals surface area contributed by atoms with E-state index in [-0.39, 0.29) is 19.7 Å². The topological polar surface area (TPSA) is 94.5 Å². The van der Waals surface area contributed by atoms with E-state index in [1.165, 1.54) is 12.0 Å². The van der Waals surface area contributed by atoms with E-state index in [4.69, 9.17) is 19.3 Å². The number of methoxy groups -OCH3 is 1. The molecular weight excluding hydrogens is 366 g/mol. The number of aliphatic hydroxyl groups excluding tert-OH is 1. The molecule has 8 nitrogen and oxygen atoms in total. The second kappa shape index (κ2) is 14.8. The van der Waals surface area contributed by atoms with Gasteiger partial charge in [0.1, 0.15) is 13.2 Å². The number of hydrogen-bond acceptors (Lipinski definition) is 7.